The molecule has 1 atom stereocenters. The predicted molar refractivity (Wildman–Crippen MR) is 88.2 cm³/mol. The van der Waals surface area contributed by atoms with Crippen LogP contribution in [0.15, 0.2) is 18.2 Å². The van der Waals surface area contributed by atoms with E-state index in [2.05, 4.69) is 49.2 Å². The van der Waals surface area contributed by atoms with Crippen molar-refractivity contribution in [2.45, 2.75) is 46.1 Å². The van der Waals surface area contributed by atoms with E-state index in [0.29, 0.717) is 11.5 Å². The number of hydrogen-bond donors (Lipinski definition) is 1. The molecule has 2 aliphatic heterocycles. The summed E-state index contributed by atoms with van der Waals surface area (Å²) in [5.74, 6) is 1.03. The lowest BCUT2D eigenvalue weighted by Gasteiger charge is -2.27. The molecule has 1 unspecified atom stereocenters. The van der Waals surface area contributed by atoms with Crippen molar-refractivity contribution in [2.75, 3.05) is 31.6 Å². The van der Waals surface area contributed by atoms with Crippen LogP contribution in [0.2, 0.25) is 0 Å². The van der Waals surface area contributed by atoms with Crippen LogP contribution in [-0.2, 0) is 6.42 Å². The Morgan fingerprint density at radius 1 is 1.38 bits per heavy atom. The molecule has 1 N–H and O–H groups in total. The van der Waals surface area contributed by atoms with Gasteiger partial charge in [0, 0.05) is 30.2 Å². The maximum atomic E-state index is 6.13. The molecule has 1 saturated heterocycles. The van der Waals surface area contributed by atoms with Gasteiger partial charge in [-0.15, -0.1) is 0 Å². The Labute approximate surface area is 128 Å². The van der Waals surface area contributed by atoms with Gasteiger partial charge in [-0.25, -0.2) is 0 Å². The molecular weight excluding hydrogens is 260 g/mol. The van der Waals surface area contributed by atoms with Gasteiger partial charge in [-0.3, -0.25) is 0 Å². The van der Waals surface area contributed by atoms with Crippen molar-refractivity contribution < 1.29 is 4.74 Å². The van der Waals surface area contributed by atoms with E-state index in [4.69, 9.17) is 4.74 Å². The molecule has 0 amide bonds. The van der Waals surface area contributed by atoms with Crippen LogP contribution in [0.1, 0.15) is 39.2 Å². The summed E-state index contributed by atoms with van der Waals surface area (Å²) >= 11 is 0. The summed E-state index contributed by atoms with van der Waals surface area (Å²) in [6.45, 7) is 11.2. The average molecular weight is 288 g/mol. The first-order valence-corrected chi connectivity index (χ1v) is 8.29. The zero-order chi connectivity index (χ0) is 14.9. The number of anilines is 1. The summed E-state index contributed by atoms with van der Waals surface area (Å²) in [6.07, 6.45) is 3.62. The second-order valence-corrected chi connectivity index (χ2v) is 7.26. The normalized spacial score (nSPS) is 25.7. The molecule has 0 bridgehead atoms. The van der Waals surface area contributed by atoms with Gasteiger partial charge < -0.3 is 15.0 Å². The Bertz CT molecular complexity index is 500. The van der Waals surface area contributed by atoms with Crippen LogP contribution >= 0.6 is 0 Å². The fourth-order valence-corrected chi connectivity index (χ4v) is 3.42. The van der Waals surface area contributed by atoms with Crippen molar-refractivity contribution >= 4 is 5.69 Å². The minimum absolute atomic E-state index is 0.290. The van der Waals surface area contributed by atoms with Crippen LogP contribution < -0.4 is 10.1 Å². The van der Waals surface area contributed by atoms with E-state index in [1.807, 2.05) is 0 Å². The van der Waals surface area contributed by atoms with Gasteiger partial charge in [0.05, 0.1) is 6.61 Å². The Morgan fingerprint density at radius 2 is 2.24 bits per heavy atom. The number of nitrogens with one attached hydrogen (secondary N) is 1. The number of ether oxygens (including phenoxy) is 1. The summed E-state index contributed by atoms with van der Waals surface area (Å²) < 4.78 is 6.13. The lowest BCUT2D eigenvalue weighted by atomic mass is 9.91. The molecule has 0 aromatic heterocycles. The molecule has 3 heteroatoms. The van der Waals surface area contributed by atoms with Crippen LogP contribution in [0.25, 0.3) is 0 Å². The van der Waals surface area contributed by atoms with Crippen LogP contribution in [0.4, 0.5) is 5.69 Å². The number of aryl methyl sites for hydroxylation is 1. The molecule has 116 valence electrons. The highest BCUT2D eigenvalue weighted by Gasteiger charge is 2.35. The first-order valence-electron chi connectivity index (χ1n) is 8.29. The number of likely N-dealkylation sites (tertiary alicyclic amines) is 1. The average Bonchev–Trinajstić information content (AvgIpc) is 2.88. The van der Waals surface area contributed by atoms with Crippen molar-refractivity contribution in [3.63, 3.8) is 0 Å². The maximum absolute atomic E-state index is 6.13. The monoisotopic (exact) mass is 288 g/mol. The molecule has 3 rings (SSSR count). The largest absolute Gasteiger partial charge is 0.493 e. The van der Waals surface area contributed by atoms with Gasteiger partial charge >= 0.3 is 0 Å². The lowest BCUT2D eigenvalue weighted by molar-refractivity contribution is 0.154. The number of fused-ring (bicyclic) bond motifs is 1. The number of rotatable bonds is 4. The number of hydrogen-bond acceptors (Lipinski definition) is 3. The van der Waals surface area contributed by atoms with Gasteiger partial charge in [-0.05, 0) is 63.4 Å². The third-order valence-corrected chi connectivity index (χ3v) is 4.92. The summed E-state index contributed by atoms with van der Waals surface area (Å²) in [7, 11) is 0. The standard InChI is InChI=1S/C18H28N2O/c1-14(2)20-10-8-18(3,12-20)13-21-16-6-7-17-15(11-16)5-4-9-19-17/h6-7,11,14,19H,4-5,8-10,12-13H2,1-3H3. The van der Waals surface area contributed by atoms with Gasteiger partial charge in [0.1, 0.15) is 5.75 Å². The molecule has 0 radical (unpaired) electrons. The Hall–Kier alpha value is -1.22. The molecule has 0 spiro atoms. The van der Waals surface area contributed by atoms with Crippen LogP contribution in [0, 0.1) is 5.41 Å². The van der Waals surface area contributed by atoms with E-state index in [0.717, 1.165) is 31.9 Å². The van der Waals surface area contributed by atoms with E-state index in [1.54, 1.807) is 0 Å². The fraction of sp³-hybridized carbons (Fsp3) is 0.667. The van der Waals surface area contributed by atoms with Gasteiger partial charge in [-0.2, -0.15) is 0 Å². The van der Waals surface area contributed by atoms with Crippen molar-refractivity contribution in [1.29, 1.82) is 0 Å². The molecule has 1 aromatic rings. The summed E-state index contributed by atoms with van der Waals surface area (Å²) in [6, 6.07) is 7.14. The third-order valence-electron chi connectivity index (χ3n) is 4.92. The van der Waals surface area contributed by atoms with Crippen molar-refractivity contribution in [1.82, 2.24) is 4.90 Å². The predicted octanol–water partition coefficient (Wildman–Crippen LogP) is 3.54. The molecular formula is C18H28N2O. The molecule has 2 aliphatic rings. The molecule has 21 heavy (non-hydrogen) atoms. The van der Waals surface area contributed by atoms with Crippen molar-refractivity contribution in [3.05, 3.63) is 23.8 Å². The van der Waals surface area contributed by atoms with E-state index in [-0.39, 0.29) is 0 Å². The number of benzene rings is 1. The molecule has 1 aromatic carbocycles. The summed E-state index contributed by atoms with van der Waals surface area (Å²) in [5, 5.41) is 3.45. The van der Waals surface area contributed by atoms with E-state index >= 15 is 0 Å². The molecule has 0 aliphatic carbocycles. The SMILES string of the molecule is CC(C)N1CCC(C)(COc2ccc3c(c2)CCCN3)C1. The second kappa shape index (κ2) is 5.88. The second-order valence-electron chi connectivity index (χ2n) is 7.26. The van der Waals surface area contributed by atoms with Crippen LogP contribution in [0.5, 0.6) is 5.75 Å². The van der Waals surface area contributed by atoms with Crippen LogP contribution in [0.3, 0.4) is 0 Å². The lowest BCUT2D eigenvalue weighted by Crippen LogP contribution is -2.33. The molecule has 0 saturated carbocycles. The summed E-state index contributed by atoms with van der Waals surface area (Å²) in [4.78, 5) is 2.56. The van der Waals surface area contributed by atoms with Crippen molar-refractivity contribution in [3.8, 4) is 5.75 Å². The number of nitrogens with zero attached hydrogens (tertiary/aromatic N) is 1. The van der Waals surface area contributed by atoms with Crippen LogP contribution in [-0.4, -0.2) is 37.2 Å². The van der Waals surface area contributed by atoms with E-state index in [9.17, 15) is 0 Å². The van der Waals surface area contributed by atoms with Gasteiger partial charge in [0.25, 0.3) is 0 Å². The topological polar surface area (TPSA) is 24.5 Å². The quantitative estimate of drug-likeness (QED) is 0.917. The third kappa shape index (κ3) is 3.34. The molecule has 1 fully saturated rings. The highest BCUT2D eigenvalue weighted by Crippen LogP contribution is 2.33. The first-order chi connectivity index (χ1) is 10.1. The zero-order valence-electron chi connectivity index (χ0n) is 13.6. The highest BCUT2D eigenvalue weighted by atomic mass is 16.5. The Morgan fingerprint density at radius 3 is 3.00 bits per heavy atom. The summed E-state index contributed by atoms with van der Waals surface area (Å²) in [5.41, 5.74) is 2.98. The minimum Gasteiger partial charge on any atom is -0.493 e. The Balaban J connectivity index is 1.60. The van der Waals surface area contributed by atoms with Gasteiger partial charge in [0.2, 0.25) is 0 Å². The Kier molecular flexibility index (Phi) is 4.12. The highest BCUT2D eigenvalue weighted by molar-refractivity contribution is 5.55. The fourth-order valence-electron chi connectivity index (χ4n) is 3.42. The van der Waals surface area contributed by atoms with E-state index in [1.165, 1.54) is 30.6 Å². The zero-order valence-corrected chi connectivity index (χ0v) is 13.6. The van der Waals surface area contributed by atoms with Gasteiger partial charge in [-0.1, -0.05) is 6.92 Å². The molecule has 3 nitrogen and oxygen atoms in total. The minimum atomic E-state index is 0.290. The molecule has 2 heterocycles. The van der Waals surface area contributed by atoms with E-state index < -0.39 is 0 Å². The van der Waals surface area contributed by atoms with Gasteiger partial charge in [0.15, 0.2) is 0 Å². The smallest absolute Gasteiger partial charge is 0.119 e. The van der Waals surface area contributed by atoms with Crippen molar-refractivity contribution in [2.24, 2.45) is 5.41 Å². The first kappa shape index (κ1) is 14.7. The maximum Gasteiger partial charge on any atom is 0.119 e.